The van der Waals surface area contributed by atoms with E-state index >= 15 is 0 Å². The number of benzene rings is 8. The number of rotatable bonds is 7. The van der Waals surface area contributed by atoms with Crippen LogP contribution in [0, 0.1) is 0 Å². The molecule has 0 radical (unpaired) electrons. The smallest absolute Gasteiger partial charge is 0.240 e. The standard InChI is InChI=1S/C58H47N5Si/c1-57(2)38-58(3,4)53-47(36-42(37-48(53)57)64(39-22-8-5-9-23-39,40-24-10-6-11-25-40)41-26-12-7-13-27-41)54-59-55(62-49-32-18-14-28-43(49)44-29-15-19-33-50(44)62)61-56(60-54)63-51-34-20-16-30-45(51)46-31-17-21-35-52(46)63/h5-37H,38H2,1-4H3. The molecule has 0 bridgehead atoms. The molecule has 6 heteroatoms. The minimum Gasteiger partial charge on any atom is -0.278 e. The van der Waals surface area contributed by atoms with Gasteiger partial charge >= 0.3 is 0 Å². The normalized spacial score (nSPS) is 14.4. The summed E-state index contributed by atoms with van der Waals surface area (Å²) in [6.07, 6.45) is 0.993. The molecule has 0 saturated carbocycles. The molecule has 0 atom stereocenters. The summed E-state index contributed by atoms with van der Waals surface area (Å²) >= 11 is 0. The van der Waals surface area contributed by atoms with Crippen LogP contribution in [0.5, 0.6) is 0 Å². The second kappa shape index (κ2) is 14.3. The molecule has 0 N–H and O–H groups in total. The number of hydrogen-bond donors (Lipinski definition) is 0. The van der Waals surface area contributed by atoms with E-state index < -0.39 is 8.07 Å². The van der Waals surface area contributed by atoms with Crippen molar-refractivity contribution in [3.63, 3.8) is 0 Å². The number of aromatic nitrogens is 5. The van der Waals surface area contributed by atoms with E-state index in [0.717, 1.165) is 55.6 Å². The Kier molecular flexibility index (Phi) is 8.56. The van der Waals surface area contributed by atoms with Gasteiger partial charge in [0.15, 0.2) is 13.9 Å². The summed E-state index contributed by atoms with van der Waals surface area (Å²) < 4.78 is 4.48. The molecule has 0 unspecified atom stereocenters. The lowest BCUT2D eigenvalue weighted by atomic mass is 9.81. The van der Waals surface area contributed by atoms with Gasteiger partial charge in [-0.1, -0.05) is 204 Å². The predicted molar refractivity (Wildman–Crippen MR) is 268 cm³/mol. The molecule has 1 aliphatic rings. The van der Waals surface area contributed by atoms with Gasteiger partial charge in [0.05, 0.1) is 22.1 Å². The highest BCUT2D eigenvalue weighted by molar-refractivity contribution is 7.20. The largest absolute Gasteiger partial charge is 0.278 e. The van der Waals surface area contributed by atoms with E-state index in [1.807, 2.05) is 0 Å². The Morgan fingerprint density at radius 3 is 1.14 bits per heavy atom. The third-order valence-corrected chi connectivity index (χ3v) is 18.6. The van der Waals surface area contributed by atoms with Crippen molar-refractivity contribution in [1.82, 2.24) is 24.1 Å². The Balaban J connectivity index is 1.25. The lowest BCUT2D eigenvalue weighted by Crippen LogP contribution is -2.74. The quantitative estimate of drug-likeness (QED) is 0.119. The first-order valence-corrected chi connectivity index (χ1v) is 24.3. The molecule has 3 aromatic heterocycles. The third kappa shape index (κ3) is 5.65. The van der Waals surface area contributed by atoms with Crippen molar-refractivity contribution >= 4 is 72.4 Å². The van der Waals surface area contributed by atoms with E-state index in [9.17, 15) is 0 Å². The molecule has 0 fully saturated rings. The zero-order valence-corrected chi connectivity index (χ0v) is 37.5. The first-order valence-electron chi connectivity index (χ1n) is 22.3. The summed E-state index contributed by atoms with van der Waals surface area (Å²) in [5, 5.41) is 9.96. The van der Waals surface area contributed by atoms with Crippen LogP contribution in [0.4, 0.5) is 0 Å². The van der Waals surface area contributed by atoms with Gasteiger partial charge in [0, 0.05) is 27.1 Å². The molecule has 1 aliphatic carbocycles. The van der Waals surface area contributed by atoms with E-state index in [0.29, 0.717) is 17.7 Å². The predicted octanol–water partition coefficient (Wildman–Crippen LogP) is 11.1. The van der Waals surface area contributed by atoms with Gasteiger partial charge in [-0.25, -0.2) is 0 Å². The average Bonchev–Trinajstić information content (AvgIpc) is 3.92. The monoisotopic (exact) mass is 841 g/mol. The molecule has 12 rings (SSSR count). The van der Waals surface area contributed by atoms with Crippen molar-refractivity contribution < 1.29 is 0 Å². The van der Waals surface area contributed by atoms with Crippen molar-refractivity contribution in [3.05, 3.63) is 211 Å². The highest BCUT2D eigenvalue weighted by Crippen LogP contribution is 2.52. The molecule has 64 heavy (non-hydrogen) atoms. The molecule has 0 aliphatic heterocycles. The Morgan fingerprint density at radius 2 is 0.750 bits per heavy atom. The van der Waals surface area contributed by atoms with Crippen LogP contribution in [0.3, 0.4) is 0 Å². The zero-order valence-electron chi connectivity index (χ0n) is 36.5. The molecular weight excluding hydrogens is 795 g/mol. The van der Waals surface area contributed by atoms with Gasteiger partial charge in [-0.2, -0.15) is 15.0 Å². The van der Waals surface area contributed by atoms with Gasteiger partial charge in [-0.15, -0.1) is 0 Å². The summed E-state index contributed by atoms with van der Waals surface area (Å²) in [6.45, 7) is 9.66. The summed E-state index contributed by atoms with van der Waals surface area (Å²) in [5.74, 6) is 1.85. The number of para-hydroxylation sites is 4. The maximum Gasteiger partial charge on any atom is 0.240 e. The van der Waals surface area contributed by atoms with E-state index in [1.165, 1.54) is 31.9 Å². The maximum absolute atomic E-state index is 5.69. The number of nitrogens with zero attached hydrogens (tertiary/aromatic N) is 5. The van der Waals surface area contributed by atoms with E-state index in [2.05, 4.69) is 237 Å². The first-order chi connectivity index (χ1) is 31.2. The Hall–Kier alpha value is -7.41. The minimum absolute atomic E-state index is 0.119. The van der Waals surface area contributed by atoms with Gasteiger partial charge in [0.25, 0.3) is 0 Å². The van der Waals surface area contributed by atoms with Crippen LogP contribution in [-0.4, -0.2) is 32.2 Å². The van der Waals surface area contributed by atoms with Gasteiger partial charge in [0.2, 0.25) is 11.9 Å². The van der Waals surface area contributed by atoms with Crippen molar-refractivity contribution in [2.45, 2.75) is 44.9 Å². The lowest BCUT2D eigenvalue weighted by Gasteiger charge is -2.36. The van der Waals surface area contributed by atoms with Crippen LogP contribution in [-0.2, 0) is 10.8 Å². The van der Waals surface area contributed by atoms with Crippen LogP contribution in [0.25, 0.3) is 66.9 Å². The fourth-order valence-corrected chi connectivity index (χ4v) is 16.4. The molecule has 0 spiro atoms. The van der Waals surface area contributed by atoms with E-state index in [1.54, 1.807) is 0 Å². The van der Waals surface area contributed by atoms with Crippen molar-refractivity contribution in [2.75, 3.05) is 0 Å². The maximum atomic E-state index is 5.69. The second-order valence-electron chi connectivity index (χ2n) is 18.7. The number of hydrogen-bond acceptors (Lipinski definition) is 3. The lowest BCUT2D eigenvalue weighted by molar-refractivity contribution is 0.403. The Morgan fingerprint density at radius 1 is 0.391 bits per heavy atom. The molecule has 0 amide bonds. The third-order valence-electron chi connectivity index (χ3n) is 13.9. The summed E-state index contributed by atoms with van der Waals surface area (Å²) in [7, 11) is -2.98. The van der Waals surface area contributed by atoms with Crippen LogP contribution < -0.4 is 20.7 Å². The van der Waals surface area contributed by atoms with Crippen molar-refractivity contribution in [2.24, 2.45) is 0 Å². The number of fused-ring (bicyclic) bond motifs is 7. The van der Waals surface area contributed by atoms with Crippen molar-refractivity contribution in [1.29, 1.82) is 0 Å². The van der Waals surface area contributed by atoms with Crippen LogP contribution in [0.1, 0.15) is 45.2 Å². The van der Waals surface area contributed by atoms with E-state index in [4.69, 9.17) is 15.0 Å². The summed E-state index contributed by atoms with van der Waals surface area (Å²) in [6, 6.07) is 73.2. The summed E-state index contributed by atoms with van der Waals surface area (Å²) in [4.78, 5) is 16.9. The molecule has 11 aromatic rings. The average molecular weight is 842 g/mol. The SMILES string of the molecule is CC1(C)CC(C)(C)c2c(-c3nc(-n4c5ccccc5c5ccccc54)nc(-n4c5ccccc5c5ccccc54)n3)cc([Si](c3ccccc3)(c3ccccc3)c3ccccc3)cc21. The van der Waals surface area contributed by atoms with Gasteiger partial charge in [-0.3, -0.25) is 9.13 Å². The molecule has 3 heterocycles. The molecule has 8 aromatic carbocycles. The molecule has 308 valence electrons. The first kappa shape index (κ1) is 38.3. The topological polar surface area (TPSA) is 48.5 Å². The molecular formula is C58H47N5Si. The molecule has 5 nitrogen and oxygen atoms in total. The van der Waals surface area contributed by atoms with Crippen LogP contribution in [0.15, 0.2) is 200 Å². The molecule has 0 saturated heterocycles. The van der Waals surface area contributed by atoms with Crippen molar-refractivity contribution in [3.8, 4) is 23.3 Å². The van der Waals surface area contributed by atoms with Gasteiger partial charge in [0.1, 0.15) is 0 Å². The Bertz CT molecular complexity index is 3250. The highest BCUT2D eigenvalue weighted by atomic mass is 28.3. The fourth-order valence-electron chi connectivity index (χ4n) is 11.6. The van der Waals surface area contributed by atoms with E-state index in [-0.39, 0.29) is 10.8 Å². The summed E-state index contributed by atoms with van der Waals surface area (Å²) in [5.41, 5.74) is 7.66. The van der Waals surface area contributed by atoms with Crippen LogP contribution >= 0.6 is 0 Å². The van der Waals surface area contributed by atoms with Gasteiger partial charge < -0.3 is 0 Å². The van der Waals surface area contributed by atoms with Crippen LogP contribution in [0.2, 0.25) is 0 Å². The fraction of sp³-hybridized carbons (Fsp3) is 0.121. The second-order valence-corrected chi connectivity index (χ2v) is 22.5. The highest BCUT2D eigenvalue weighted by Gasteiger charge is 2.48. The minimum atomic E-state index is -2.98. The Labute approximate surface area is 374 Å². The zero-order chi connectivity index (χ0) is 43.2. The van der Waals surface area contributed by atoms with Gasteiger partial charge in [-0.05, 0) is 73.4 Å².